The summed E-state index contributed by atoms with van der Waals surface area (Å²) < 4.78 is 11.3. The summed E-state index contributed by atoms with van der Waals surface area (Å²) in [5, 5.41) is 0. The topological polar surface area (TPSA) is 42.0 Å². The van der Waals surface area contributed by atoms with E-state index in [1.54, 1.807) is 0 Å². The Morgan fingerprint density at radius 1 is 0.923 bits per heavy atom. The number of benzene rings is 2. The van der Waals surface area contributed by atoms with E-state index in [1.165, 1.54) is 11.3 Å². The lowest BCUT2D eigenvalue weighted by Gasteiger charge is -2.26. The number of para-hydroxylation sites is 2. The standard InChI is InChI=1S/C21H24N2O3/c1-16-6-2-3-8-18(16)22-10-5-11-23(13-12-22)21(24)17-7-4-9-19-20(17)26-15-14-25-19/h2-4,6-9H,5,10-15H2,1H3. The van der Waals surface area contributed by atoms with Crippen LogP contribution in [0.15, 0.2) is 42.5 Å². The summed E-state index contributed by atoms with van der Waals surface area (Å²) in [5.41, 5.74) is 3.14. The second-order valence-corrected chi connectivity index (χ2v) is 6.75. The molecule has 0 unspecified atom stereocenters. The Labute approximate surface area is 154 Å². The van der Waals surface area contributed by atoms with Crippen molar-refractivity contribution in [1.82, 2.24) is 4.90 Å². The third-order valence-corrected chi connectivity index (χ3v) is 5.04. The number of rotatable bonds is 2. The number of ether oxygens (including phenoxy) is 2. The molecular weight excluding hydrogens is 328 g/mol. The zero-order valence-electron chi connectivity index (χ0n) is 15.1. The number of hydrogen-bond donors (Lipinski definition) is 0. The molecule has 136 valence electrons. The summed E-state index contributed by atoms with van der Waals surface area (Å²) in [7, 11) is 0. The average molecular weight is 352 g/mol. The van der Waals surface area contributed by atoms with Crippen molar-refractivity contribution in [3.63, 3.8) is 0 Å². The van der Waals surface area contributed by atoms with Crippen LogP contribution in [0.4, 0.5) is 5.69 Å². The van der Waals surface area contributed by atoms with Crippen molar-refractivity contribution < 1.29 is 14.3 Å². The van der Waals surface area contributed by atoms with Gasteiger partial charge in [-0.25, -0.2) is 0 Å². The fraction of sp³-hybridized carbons (Fsp3) is 0.381. The number of anilines is 1. The molecule has 5 heteroatoms. The van der Waals surface area contributed by atoms with Crippen molar-refractivity contribution in [3.05, 3.63) is 53.6 Å². The maximum absolute atomic E-state index is 13.1. The van der Waals surface area contributed by atoms with Crippen LogP contribution in [0.3, 0.4) is 0 Å². The average Bonchev–Trinajstić information content (AvgIpc) is 2.93. The SMILES string of the molecule is Cc1ccccc1N1CCCN(C(=O)c2cccc3c2OCCO3)CC1. The van der Waals surface area contributed by atoms with Gasteiger partial charge in [-0.15, -0.1) is 0 Å². The van der Waals surface area contributed by atoms with Crippen LogP contribution >= 0.6 is 0 Å². The highest BCUT2D eigenvalue weighted by molar-refractivity contribution is 5.98. The third-order valence-electron chi connectivity index (χ3n) is 5.04. The molecule has 2 aliphatic heterocycles. The fourth-order valence-electron chi connectivity index (χ4n) is 3.69. The highest BCUT2D eigenvalue weighted by atomic mass is 16.6. The van der Waals surface area contributed by atoms with Gasteiger partial charge in [0.05, 0.1) is 5.56 Å². The van der Waals surface area contributed by atoms with Crippen molar-refractivity contribution in [2.45, 2.75) is 13.3 Å². The van der Waals surface area contributed by atoms with Gasteiger partial charge >= 0.3 is 0 Å². The van der Waals surface area contributed by atoms with Crippen molar-refractivity contribution in [2.75, 3.05) is 44.3 Å². The van der Waals surface area contributed by atoms with Gasteiger partial charge < -0.3 is 19.3 Å². The van der Waals surface area contributed by atoms with Gasteiger partial charge in [-0.3, -0.25) is 4.79 Å². The molecule has 0 N–H and O–H groups in total. The molecule has 0 aliphatic carbocycles. The van der Waals surface area contributed by atoms with E-state index < -0.39 is 0 Å². The van der Waals surface area contributed by atoms with Crippen LogP contribution in [0.2, 0.25) is 0 Å². The highest BCUT2D eigenvalue weighted by Gasteiger charge is 2.26. The van der Waals surface area contributed by atoms with E-state index in [-0.39, 0.29) is 5.91 Å². The first-order valence-electron chi connectivity index (χ1n) is 9.22. The molecule has 0 atom stereocenters. The summed E-state index contributed by atoms with van der Waals surface area (Å²) in [6.07, 6.45) is 0.951. The smallest absolute Gasteiger partial charge is 0.257 e. The minimum absolute atomic E-state index is 0.0268. The molecule has 0 spiro atoms. The lowest BCUT2D eigenvalue weighted by Crippen LogP contribution is -2.35. The first kappa shape index (κ1) is 16.8. The van der Waals surface area contributed by atoms with Gasteiger partial charge in [0.15, 0.2) is 11.5 Å². The Balaban J connectivity index is 1.51. The predicted octanol–water partition coefficient (Wildman–Crippen LogP) is 3.12. The zero-order valence-corrected chi connectivity index (χ0v) is 15.1. The summed E-state index contributed by atoms with van der Waals surface area (Å²) in [4.78, 5) is 17.4. The summed E-state index contributed by atoms with van der Waals surface area (Å²) in [5.74, 6) is 1.28. The fourth-order valence-corrected chi connectivity index (χ4v) is 3.69. The van der Waals surface area contributed by atoms with Crippen LogP contribution < -0.4 is 14.4 Å². The van der Waals surface area contributed by atoms with Gasteiger partial charge in [-0.1, -0.05) is 24.3 Å². The van der Waals surface area contributed by atoms with Crippen molar-refractivity contribution in [1.29, 1.82) is 0 Å². The van der Waals surface area contributed by atoms with Crippen LogP contribution in [0.1, 0.15) is 22.3 Å². The van der Waals surface area contributed by atoms with Gasteiger partial charge in [0, 0.05) is 31.9 Å². The van der Waals surface area contributed by atoms with E-state index in [0.717, 1.165) is 26.1 Å². The molecular formula is C21H24N2O3. The minimum Gasteiger partial charge on any atom is -0.486 e. The van der Waals surface area contributed by atoms with Crippen molar-refractivity contribution in [2.24, 2.45) is 0 Å². The second-order valence-electron chi connectivity index (χ2n) is 6.75. The Morgan fingerprint density at radius 2 is 1.77 bits per heavy atom. The largest absolute Gasteiger partial charge is 0.486 e. The molecule has 2 heterocycles. The lowest BCUT2D eigenvalue weighted by atomic mass is 10.1. The summed E-state index contributed by atoms with van der Waals surface area (Å²) >= 11 is 0. The third kappa shape index (κ3) is 3.21. The Morgan fingerprint density at radius 3 is 2.65 bits per heavy atom. The van der Waals surface area contributed by atoms with E-state index in [4.69, 9.17) is 9.47 Å². The van der Waals surface area contributed by atoms with E-state index >= 15 is 0 Å². The van der Waals surface area contributed by atoms with Crippen LogP contribution in [0.5, 0.6) is 11.5 Å². The molecule has 26 heavy (non-hydrogen) atoms. The Kier molecular flexibility index (Phi) is 4.69. The van der Waals surface area contributed by atoms with Crippen LogP contribution in [0, 0.1) is 6.92 Å². The van der Waals surface area contributed by atoms with Crippen LogP contribution in [-0.2, 0) is 0 Å². The number of carbonyl (C=O) groups excluding carboxylic acids is 1. The number of fused-ring (bicyclic) bond motifs is 1. The van der Waals surface area contributed by atoms with Gasteiger partial charge in [-0.05, 0) is 37.1 Å². The second kappa shape index (κ2) is 7.28. The van der Waals surface area contributed by atoms with Gasteiger partial charge in [0.1, 0.15) is 13.2 Å². The number of aryl methyl sites for hydroxylation is 1. The zero-order chi connectivity index (χ0) is 17.9. The maximum Gasteiger partial charge on any atom is 0.257 e. The van der Waals surface area contributed by atoms with Crippen LogP contribution in [0.25, 0.3) is 0 Å². The van der Waals surface area contributed by atoms with Gasteiger partial charge in [0.25, 0.3) is 5.91 Å². The molecule has 2 aromatic carbocycles. The number of carbonyl (C=O) groups is 1. The Hall–Kier alpha value is -2.69. The number of hydrogen-bond acceptors (Lipinski definition) is 4. The molecule has 1 saturated heterocycles. The molecule has 1 amide bonds. The summed E-state index contributed by atoms with van der Waals surface area (Å²) in [6, 6.07) is 14.0. The lowest BCUT2D eigenvalue weighted by molar-refractivity contribution is 0.0756. The molecule has 0 aromatic heterocycles. The molecule has 2 aromatic rings. The molecule has 2 aliphatic rings. The normalized spacial score (nSPS) is 17.0. The monoisotopic (exact) mass is 352 g/mol. The minimum atomic E-state index is 0.0268. The molecule has 1 fully saturated rings. The number of nitrogens with zero attached hydrogens (tertiary/aromatic N) is 2. The van der Waals surface area contributed by atoms with Gasteiger partial charge in [0.2, 0.25) is 0 Å². The van der Waals surface area contributed by atoms with E-state index in [2.05, 4.69) is 36.1 Å². The highest BCUT2D eigenvalue weighted by Crippen LogP contribution is 2.34. The molecule has 4 rings (SSSR count). The first-order valence-corrected chi connectivity index (χ1v) is 9.22. The van der Waals surface area contributed by atoms with Crippen molar-refractivity contribution >= 4 is 11.6 Å². The van der Waals surface area contributed by atoms with E-state index in [1.807, 2.05) is 23.1 Å². The molecule has 0 bridgehead atoms. The molecule has 0 radical (unpaired) electrons. The van der Waals surface area contributed by atoms with Gasteiger partial charge in [-0.2, -0.15) is 0 Å². The Bertz CT molecular complexity index is 806. The first-order chi connectivity index (χ1) is 12.7. The number of amides is 1. The van der Waals surface area contributed by atoms with E-state index in [9.17, 15) is 4.79 Å². The van der Waals surface area contributed by atoms with E-state index in [0.29, 0.717) is 36.8 Å². The summed E-state index contributed by atoms with van der Waals surface area (Å²) in [6.45, 7) is 6.41. The maximum atomic E-state index is 13.1. The van der Waals surface area contributed by atoms with Crippen molar-refractivity contribution in [3.8, 4) is 11.5 Å². The molecule has 0 saturated carbocycles. The predicted molar refractivity (Wildman–Crippen MR) is 101 cm³/mol. The quantitative estimate of drug-likeness (QED) is 0.833. The van der Waals surface area contributed by atoms with Crippen LogP contribution in [-0.4, -0.2) is 50.2 Å². The molecule has 5 nitrogen and oxygen atoms in total.